The minimum atomic E-state index is -1.30. The van der Waals surface area contributed by atoms with Crippen molar-refractivity contribution in [3.05, 3.63) is 72.3 Å². The van der Waals surface area contributed by atoms with Gasteiger partial charge in [-0.25, -0.2) is 14.4 Å². The molecule has 0 amide bonds. The Morgan fingerprint density at radius 1 is 0.958 bits per heavy atom. The first-order valence-electron chi connectivity index (χ1n) is 7.00. The molecule has 2 rings (SSSR count). The van der Waals surface area contributed by atoms with Crippen LogP contribution in [0.1, 0.15) is 11.1 Å². The van der Waals surface area contributed by atoms with Crippen LogP contribution in [0.4, 0.5) is 0 Å². The Hall–Kier alpha value is -3.47. The number of ether oxygens (including phenoxy) is 1. The molecule has 0 atom stereocenters. The zero-order valence-corrected chi connectivity index (χ0v) is 12.6. The summed E-state index contributed by atoms with van der Waals surface area (Å²) in [6.45, 7) is 3.75. The zero-order valence-electron chi connectivity index (χ0n) is 12.6. The van der Waals surface area contributed by atoms with Crippen LogP contribution in [-0.4, -0.2) is 23.0 Å². The molecule has 0 aliphatic heterocycles. The molecule has 0 aromatic heterocycles. The fourth-order valence-electron chi connectivity index (χ4n) is 2.13. The van der Waals surface area contributed by atoms with Gasteiger partial charge in [-0.1, -0.05) is 49.1 Å². The van der Waals surface area contributed by atoms with Gasteiger partial charge in [-0.2, -0.15) is 0 Å². The summed E-state index contributed by atoms with van der Waals surface area (Å²) < 4.78 is 4.47. The lowest BCUT2D eigenvalue weighted by Gasteiger charge is -2.06. The predicted octanol–water partition coefficient (Wildman–Crippen LogP) is 3.21. The molecule has 0 unspecified atom stereocenters. The van der Waals surface area contributed by atoms with Crippen molar-refractivity contribution in [2.75, 3.05) is 0 Å². The molecule has 2 aromatic carbocycles. The van der Waals surface area contributed by atoms with Crippen molar-refractivity contribution in [3.8, 4) is 0 Å². The average molecular weight is 322 g/mol. The van der Waals surface area contributed by atoms with Crippen molar-refractivity contribution in [2.45, 2.75) is 0 Å². The summed E-state index contributed by atoms with van der Waals surface area (Å²) in [6.07, 6.45) is 5.58. The Labute approximate surface area is 138 Å². The Kier molecular flexibility index (Phi) is 5.41. The van der Waals surface area contributed by atoms with E-state index in [9.17, 15) is 14.4 Å². The van der Waals surface area contributed by atoms with Crippen molar-refractivity contribution in [1.82, 2.24) is 0 Å². The minimum absolute atomic E-state index is 0.597. The second-order valence-corrected chi connectivity index (χ2v) is 4.74. The van der Waals surface area contributed by atoms with E-state index in [0.717, 1.165) is 28.0 Å². The van der Waals surface area contributed by atoms with E-state index in [1.807, 2.05) is 36.4 Å². The summed E-state index contributed by atoms with van der Waals surface area (Å²) in [6, 6.07) is 11.5. The van der Waals surface area contributed by atoms with Gasteiger partial charge in [0.15, 0.2) is 0 Å². The van der Waals surface area contributed by atoms with Crippen LogP contribution in [0.5, 0.6) is 0 Å². The summed E-state index contributed by atoms with van der Waals surface area (Å²) in [7, 11) is 0. The van der Waals surface area contributed by atoms with Crippen molar-refractivity contribution in [1.29, 1.82) is 0 Å². The molecule has 1 N–H and O–H groups in total. The van der Waals surface area contributed by atoms with Crippen molar-refractivity contribution in [2.24, 2.45) is 0 Å². The highest BCUT2D eigenvalue weighted by molar-refractivity contribution is 6.02. The number of esters is 2. The van der Waals surface area contributed by atoms with Gasteiger partial charge >= 0.3 is 17.9 Å². The van der Waals surface area contributed by atoms with Gasteiger partial charge in [0.2, 0.25) is 0 Å². The fraction of sp³-hybridized carbons (Fsp3) is 0. The normalized spacial score (nSPS) is 11.0. The third-order valence-corrected chi connectivity index (χ3v) is 3.17. The highest BCUT2D eigenvalue weighted by Crippen LogP contribution is 2.24. The summed E-state index contributed by atoms with van der Waals surface area (Å²) in [4.78, 5) is 33.2. The van der Waals surface area contributed by atoms with Crippen LogP contribution in [0.2, 0.25) is 0 Å². The Morgan fingerprint density at radius 3 is 2.38 bits per heavy atom. The molecular weight excluding hydrogens is 308 g/mol. The van der Waals surface area contributed by atoms with Crippen LogP contribution < -0.4 is 0 Å². The van der Waals surface area contributed by atoms with Crippen molar-refractivity contribution < 1.29 is 24.2 Å². The largest absolute Gasteiger partial charge is 0.478 e. The van der Waals surface area contributed by atoms with E-state index in [1.54, 1.807) is 6.08 Å². The van der Waals surface area contributed by atoms with Crippen molar-refractivity contribution in [3.63, 3.8) is 0 Å². The van der Waals surface area contributed by atoms with Gasteiger partial charge in [-0.15, -0.1) is 0 Å². The number of benzene rings is 2. The third-order valence-electron chi connectivity index (χ3n) is 3.17. The van der Waals surface area contributed by atoms with E-state index in [0.29, 0.717) is 12.2 Å². The number of carbonyl (C=O) groups is 3. The lowest BCUT2D eigenvalue weighted by Crippen LogP contribution is -2.07. The first-order valence-corrected chi connectivity index (χ1v) is 7.00. The molecule has 2 aromatic rings. The van der Waals surface area contributed by atoms with E-state index >= 15 is 0 Å². The van der Waals surface area contributed by atoms with Gasteiger partial charge in [0, 0.05) is 18.2 Å². The molecule has 0 aliphatic carbocycles. The molecule has 5 heteroatoms. The van der Waals surface area contributed by atoms with Crippen molar-refractivity contribution >= 4 is 40.8 Å². The van der Waals surface area contributed by atoms with E-state index in [4.69, 9.17) is 5.11 Å². The maximum atomic E-state index is 11.7. The van der Waals surface area contributed by atoms with Crippen LogP contribution >= 0.6 is 0 Å². The number of carboxylic acids is 1. The molecule has 0 aliphatic rings. The predicted molar refractivity (Wildman–Crippen MR) is 90.9 cm³/mol. The van der Waals surface area contributed by atoms with Crippen LogP contribution in [0.25, 0.3) is 22.9 Å². The van der Waals surface area contributed by atoms with E-state index in [1.165, 1.54) is 6.08 Å². The smallest absolute Gasteiger partial charge is 0.338 e. The quantitative estimate of drug-likeness (QED) is 0.519. The zero-order chi connectivity index (χ0) is 17.5. The molecule has 120 valence electrons. The SMILES string of the molecule is C=Cc1ccc2ccccc2c1C=CC(=O)OC(=O)/C=C\C(=O)O. The summed E-state index contributed by atoms with van der Waals surface area (Å²) >= 11 is 0. The maximum Gasteiger partial charge on any atom is 0.338 e. The van der Waals surface area contributed by atoms with E-state index in [2.05, 4.69) is 11.3 Å². The fourth-order valence-corrected chi connectivity index (χ4v) is 2.13. The van der Waals surface area contributed by atoms with Crippen LogP contribution in [-0.2, 0) is 19.1 Å². The molecule has 0 fully saturated rings. The van der Waals surface area contributed by atoms with Gasteiger partial charge < -0.3 is 9.84 Å². The standard InChI is InChI=1S/C19H14O5/c1-2-13-7-8-14-5-3-4-6-15(14)16(13)9-11-18(22)24-19(23)12-10-17(20)21/h2-12H,1H2,(H,20,21)/b11-9?,12-10-. The molecule has 0 saturated heterocycles. The summed E-state index contributed by atoms with van der Waals surface area (Å²) in [5.74, 6) is -3.24. The Balaban J connectivity index is 2.24. The molecule has 0 spiro atoms. The minimum Gasteiger partial charge on any atom is -0.478 e. The molecule has 24 heavy (non-hydrogen) atoms. The molecule has 0 heterocycles. The number of carbonyl (C=O) groups excluding carboxylic acids is 2. The summed E-state index contributed by atoms with van der Waals surface area (Å²) in [5.41, 5.74) is 1.60. The maximum absolute atomic E-state index is 11.7. The molecule has 0 radical (unpaired) electrons. The number of fused-ring (bicyclic) bond motifs is 1. The van der Waals surface area contributed by atoms with Gasteiger partial charge in [0.25, 0.3) is 0 Å². The molecule has 0 bridgehead atoms. The molecule has 0 saturated carbocycles. The third kappa shape index (κ3) is 4.27. The average Bonchev–Trinajstić information content (AvgIpc) is 2.57. The second kappa shape index (κ2) is 7.69. The van der Waals surface area contributed by atoms with Crippen LogP contribution in [0, 0.1) is 0 Å². The Morgan fingerprint density at radius 2 is 1.67 bits per heavy atom. The van der Waals surface area contributed by atoms with Crippen LogP contribution in [0.15, 0.2) is 61.2 Å². The highest BCUT2D eigenvalue weighted by atomic mass is 16.6. The number of hydrogen-bond acceptors (Lipinski definition) is 4. The number of aliphatic carboxylic acids is 1. The topological polar surface area (TPSA) is 80.7 Å². The van der Waals surface area contributed by atoms with Gasteiger partial charge in [0.05, 0.1) is 0 Å². The summed E-state index contributed by atoms with van der Waals surface area (Å²) in [5, 5.41) is 10.3. The number of rotatable bonds is 5. The van der Waals surface area contributed by atoms with Gasteiger partial charge in [0.1, 0.15) is 0 Å². The van der Waals surface area contributed by atoms with Gasteiger partial charge in [-0.05, 0) is 28.0 Å². The first-order chi connectivity index (χ1) is 11.5. The first kappa shape index (κ1) is 16.9. The van der Waals surface area contributed by atoms with Crippen LogP contribution in [0.3, 0.4) is 0 Å². The van der Waals surface area contributed by atoms with E-state index in [-0.39, 0.29) is 0 Å². The highest BCUT2D eigenvalue weighted by Gasteiger charge is 2.07. The van der Waals surface area contributed by atoms with Gasteiger partial charge in [-0.3, -0.25) is 0 Å². The number of carboxylic acid groups (broad SMARTS) is 1. The molecule has 5 nitrogen and oxygen atoms in total. The number of hydrogen-bond donors (Lipinski definition) is 1. The lowest BCUT2D eigenvalue weighted by atomic mass is 9.98. The molecular formula is C19H14O5. The lowest BCUT2D eigenvalue weighted by molar-refractivity contribution is -0.152. The second-order valence-electron chi connectivity index (χ2n) is 4.74. The van der Waals surface area contributed by atoms with E-state index < -0.39 is 17.9 Å². The monoisotopic (exact) mass is 322 g/mol. The Bertz CT molecular complexity index is 874.